The van der Waals surface area contributed by atoms with Crippen molar-refractivity contribution >= 4 is 5.82 Å². The fraction of sp³-hybridized carbons (Fsp3) is 0.308. The van der Waals surface area contributed by atoms with Gasteiger partial charge in [-0.1, -0.05) is 43.7 Å². The van der Waals surface area contributed by atoms with E-state index in [1.165, 1.54) is 5.56 Å². The first kappa shape index (κ1) is 10.7. The minimum Gasteiger partial charge on any atom is -0.384 e. The molecule has 0 bridgehead atoms. The Morgan fingerprint density at radius 2 is 2.00 bits per heavy atom. The van der Waals surface area contributed by atoms with E-state index in [1.54, 1.807) is 0 Å². The number of anilines is 1. The Balaban J connectivity index is 2.15. The van der Waals surface area contributed by atoms with Crippen LogP contribution in [-0.2, 0) is 13.0 Å². The largest absolute Gasteiger partial charge is 0.384 e. The van der Waals surface area contributed by atoms with Crippen molar-refractivity contribution in [1.82, 2.24) is 9.78 Å². The standard InChI is InChI=1S/C13H17N3/c1-2-6-12-9-13(14)16(15-12)10-11-7-4-3-5-8-11/h3-5,7-9H,2,6,10,14H2,1H3. The van der Waals surface area contributed by atoms with Gasteiger partial charge < -0.3 is 5.73 Å². The molecule has 0 amide bonds. The Morgan fingerprint density at radius 1 is 1.25 bits per heavy atom. The van der Waals surface area contributed by atoms with Crippen LogP contribution in [0.3, 0.4) is 0 Å². The number of rotatable bonds is 4. The number of nitrogens with zero attached hydrogens (tertiary/aromatic N) is 2. The molecule has 1 aromatic heterocycles. The van der Waals surface area contributed by atoms with E-state index in [1.807, 2.05) is 28.9 Å². The SMILES string of the molecule is CCCc1cc(N)n(Cc2ccccc2)n1. The summed E-state index contributed by atoms with van der Waals surface area (Å²) < 4.78 is 1.86. The smallest absolute Gasteiger partial charge is 0.122 e. The number of aryl methyl sites for hydroxylation is 1. The van der Waals surface area contributed by atoms with Gasteiger partial charge >= 0.3 is 0 Å². The minimum atomic E-state index is 0.743. The fourth-order valence-corrected chi connectivity index (χ4v) is 1.75. The molecule has 2 aromatic rings. The molecule has 0 spiro atoms. The second-order valence-corrected chi connectivity index (χ2v) is 3.95. The van der Waals surface area contributed by atoms with E-state index in [0.717, 1.165) is 30.9 Å². The van der Waals surface area contributed by atoms with Crippen LogP contribution < -0.4 is 5.73 Å². The molecule has 3 nitrogen and oxygen atoms in total. The average Bonchev–Trinajstić information content (AvgIpc) is 2.61. The highest BCUT2D eigenvalue weighted by Gasteiger charge is 2.04. The second kappa shape index (κ2) is 4.84. The number of nitrogens with two attached hydrogens (primary N) is 1. The summed E-state index contributed by atoms with van der Waals surface area (Å²) in [6, 6.07) is 12.2. The monoisotopic (exact) mass is 215 g/mol. The Morgan fingerprint density at radius 3 is 2.69 bits per heavy atom. The van der Waals surface area contributed by atoms with Gasteiger partial charge in [-0.15, -0.1) is 0 Å². The molecule has 1 heterocycles. The van der Waals surface area contributed by atoms with Crippen LogP contribution in [0.15, 0.2) is 36.4 Å². The predicted octanol–water partition coefficient (Wildman–Crippen LogP) is 2.47. The normalized spacial score (nSPS) is 10.6. The molecule has 84 valence electrons. The van der Waals surface area contributed by atoms with Crippen molar-refractivity contribution in [2.75, 3.05) is 5.73 Å². The molecule has 16 heavy (non-hydrogen) atoms. The lowest BCUT2D eigenvalue weighted by Crippen LogP contribution is -2.05. The number of hydrogen-bond acceptors (Lipinski definition) is 2. The van der Waals surface area contributed by atoms with E-state index >= 15 is 0 Å². The number of hydrogen-bond donors (Lipinski definition) is 1. The third-order valence-corrected chi connectivity index (χ3v) is 2.54. The lowest BCUT2D eigenvalue weighted by molar-refractivity contribution is 0.676. The van der Waals surface area contributed by atoms with Gasteiger partial charge in [-0.05, 0) is 12.0 Å². The van der Waals surface area contributed by atoms with Crippen molar-refractivity contribution in [3.05, 3.63) is 47.7 Å². The zero-order valence-electron chi connectivity index (χ0n) is 9.56. The minimum absolute atomic E-state index is 0.743. The van der Waals surface area contributed by atoms with Gasteiger partial charge in [-0.3, -0.25) is 0 Å². The maximum absolute atomic E-state index is 5.92. The van der Waals surface area contributed by atoms with Crippen LogP contribution in [0.2, 0.25) is 0 Å². The Kier molecular flexibility index (Phi) is 3.25. The number of aromatic nitrogens is 2. The highest BCUT2D eigenvalue weighted by Crippen LogP contribution is 2.11. The summed E-state index contributed by atoms with van der Waals surface area (Å²) in [5, 5.41) is 4.49. The first-order valence-electron chi connectivity index (χ1n) is 5.65. The van der Waals surface area contributed by atoms with Crippen LogP contribution >= 0.6 is 0 Å². The maximum atomic E-state index is 5.92. The van der Waals surface area contributed by atoms with E-state index in [4.69, 9.17) is 5.73 Å². The zero-order valence-corrected chi connectivity index (χ0v) is 9.56. The highest BCUT2D eigenvalue weighted by molar-refractivity contribution is 5.32. The lowest BCUT2D eigenvalue weighted by Gasteiger charge is -2.03. The van der Waals surface area contributed by atoms with E-state index in [2.05, 4.69) is 24.2 Å². The van der Waals surface area contributed by atoms with E-state index in [9.17, 15) is 0 Å². The van der Waals surface area contributed by atoms with Gasteiger partial charge in [0, 0.05) is 6.07 Å². The molecule has 0 aliphatic rings. The second-order valence-electron chi connectivity index (χ2n) is 3.95. The quantitative estimate of drug-likeness (QED) is 0.851. The van der Waals surface area contributed by atoms with Gasteiger partial charge in [0.2, 0.25) is 0 Å². The summed E-state index contributed by atoms with van der Waals surface area (Å²) in [7, 11) is 0. The topological polar surface area (TPSA) is 43.8 Å². The van der Waals surface area contributed by atoms with Gasteiger partial charge in [-0.25, -0.2) is 4.68 Å². The molecule has 0 aliphatic carbocycles. The molecule has 0 aliphatic heterocycles. The molecule has 0 fully saturated rings. The first-order chi connectivity index (χ1) is 7.79. The van der Waals surface area contributed by atoms with Crippen molar-refractivity contribution < 1.29 is 0 Å². The fourth-order valence-electron chi connectivity index (χ4n) is 1.75. The Hall–Kier alpha value is -1.77. The van der Waals surface area contributed by atoms with Crippen LogP contribution in [-0.4, -0.2) is 9.78 Å². The van der Waals surface area contributed by atoms with Crippen LogP contribution in [0.4, 0.5) is 5.82 Å². The van der Waals surface area contributed by atoms with Crippen molar-refractivity contribution in [2.45, 2.75) is 26.3 Å². The molecular formula is C13H17N3. The summed E-state index contributed by atoms with van der Waals surface area (Å²) in [5.74, 6) is 0.743. The molecule has 3 heteroatoms. The summed E-state index contributed by atoms with van der Waals surface area (Å²) in [6.45, 7) is 2.89. The van der Waals surface area contributed by atoms with E-state index < -0.39 is 0 Å². The molecule has 1 aromatic carbocycles. The maximum Gasteiger partial charge on any atom is 0.122 e. The van der Waals surface area contributed by atoms with E-state index in [0.29, 0.717) is 0 Å². The zero-order chi connectivity index (χ0) is 11.4. The van der Waals surface area contributed by atoms with Crippen LogP contribution in [0, 0.1) is 0 Å². The van der Waals surface area contributed by atoms with Gasteiger partial charge in [-0.2, -0.15) is 5.10 Å². The lowest BCUT2D eigenvalue weighted by atomic mass is 10.2. The molecule has 0 saturated carbocycles. The molecule has 0 atom stereocenters. The molecular weight excluding hydrogens is 198 g/mol. The van der Waals surface area contributed by atoms with Crippen LogP contribution in [0.5, 0.6) is 0 Å². The summed E-state index contributed by atoms with van der Waals surface area (Å²) >= 11 is 0. The van der Waals surface area contributed by atoms with Crippen LogP contribution in [0.1, 0.15) is 24.6 Å². The van der Waals surface area contributed by atoms with E-state index in [-0.39, 0.29) is 0 Å². The van der Waals surface area contributed by atoms with Gasteiger partial charge in [0.05, 0.1) is 12.2 Å². The van der Waals surface area contributed by atoms with Crippen molar-refractivity contribution in [2.24, 2.45) is 0 Å². The van der Waals surface area contributed by atoms with Crippen molar-refractivity contribution in [3.8, 4) is 0 Å². The molecule has 0 radical (unpaired) electrons. The number of benzene rings is 1. The molecule has 2 N–H and O–H groups in total. The van der Waals surface area contributed by atoms with Crippen molar-refractivity contribution in [1.29, 1.82) is 0 Å². The number of nitrogen functional groups attached to an aromatic ring is 1. The highest BCUT2D eigenvalue weighted by atomic mass is 15.3. The summed E-state index contributed by atoms with van der Waals surface area (Å²) in [6.07, 6.45) is 2.09. The third-order valence-electron chi connectivity index (χ3n) is 2.54. The molecule has 0 saturated heterocycles. The summed E-state index contributed by atoms with van der Waals surface area (Å²) in [5.41, 5.74) is 8.22. The Labute approximate surface area is 95.9 Å². The van der Waals surface area contributed by atoms with Gasteiger partial charge in [0.15, 0.2) is 0 Å². The predicted molar refractivity (Wildman–Crippen MR) is 66.2 cm³/mol. The van der Waals surface area contributed by atoms with Gasteiger partial charge in [0.1, 0.15) is 5.82 Å². The van der Waals surface area contributed by atoms with Gasteiger partial charge in [0.25, 0.3) is 0 Å². The first-order valence-corrected chi connectivity index (χ1v) is 5.65. The molecule has 0 unspecified atom stereocenters. The third kappa shape index (κ3) is 2.42. The van der Waals surface area contributed by atoms with Crippen molar-refractivity contribution in [3.63, 3.8) is 0 Å². The Bertz CT molecular complexity index is 445. The molecule has 2 rings (SSSR count). The average molecular weight is 215 g/mol. The summed E-state index contributed by atoms with van der Waals surface area (Å²) in [4.78, 5) is 0. The van der Waals surface area contributed by atoms with Crippen LogP contribution in [0.25, 0.3) is 0 Å².